The Bertz CT molecular complexity index is 388. The van der Waals surface area contributed by atoms with Crippen molar-refractivity contribution in [3.63, 3.8) is 0 Å². The van der Waals surface area contributed by atoms with Crippen LogP contribution in [0.3, 0.4) is 0 Å². The van der Waals surface area contributed by atoms with E-state index in [1.165, 1.54) is 25.7 Å². The number of hydrogen-bond donors (Lipinski definition) is 1. The molecule has 1 N–H and O–H groups in total. The van der Waals surface area contributed by atoms with Gasteiger partial charge in [0.15, 0.2) is 0 Å². The van der Waals surface area contributed by atoms with Crippen LogP contribution in [0.25, 0.3) is 0 Å². The van der Waals surface area contributed by atoms with Crippen LogP contribution in [0.2, 0.25) is 0 Å². The summed E-state index contributed by atoms with van der Waals surface area (Å²) in [5.41, 5.74) is 0.481. The molecule has 0 unspecified atom stereocenters. The molecule has 0 aliphatic heterocycles. The fraction of sp³-hybridized carbons (Fsp3) is 0.684. The average Bonchev–Trinajstić information content (AvgIpc) is 2.47. The summed E-state index contributed by atoms with van der Waals surface area (Å²) in [6.45, 7) is 9.01. The molecule has 1 fully saturated rings. The summed E-state index contributed by atoms with van der Waals surface area (Å²) in [7, 11) is 0. The van der Waals surface area contributed by atoms with Crippen LogP contribution in [-0.2, 0) is 0 Å². The highest BCUT2D eigenvalue weighted by molar-refractivity contribution is 5.20. The number of para-hydroxylation sites is 1. The van der Waals surface area contributed by atoms with Crippen molar-refractivity contribution in [2.75, 3.05) is 13.2 Å². The van der Waals surface area contributed by atoms with Crippen LogP contribution in [-0.4, -0.2) is 19.2 Å². The third-order valence-corrected chi connectivity index (χ3v) is 4.72. The molecule has 118 valence electrons. The molecule has 0 radical (unpaired) electrons. The van der Waals surface area contributed by atoms with Gasteiger partial charge < -0.3 is 10.1 Å². The van der Waals surface area contributed by atoms with Crippen molar-refractivity contribution in [2.45, 2.75) is 58.9 Å². The Kier molecular flexibility index (Phi) is 6.10. The Hall–Kier alpha value is -1.02. The minimum absolute atomic E-state index is 0.481. The normalized spacial score (nSPS) is 23.0. The first-order valence-corrected chi connectivity index (χ1v) is 8.47. The summed E-state index contributed by atoms with van der Waals surface area (Å²) >= 11 is 0. The zero-order valence-corrected chi connectivity index (χ0v) is 13.9. The van der Waals surface area contributed by atoms with Crippen molar-refractivity contribution >= 4 is 0 Å². The molecule has 1 saturated carbocycles. The predicted octanol–water partition coefficient (Wildman–Crippen LogP) is 4.65. The molecule has 2 nitrogen and oxygen atoms in total. The molecular weight excluding hydrogens is 258 g/mol. The first-order chi connectivity index (χ1) is 10.1. The number of hydrogen-bond acceptors (Lipinski definition) is 2. The van der Waals surface area contributed by atoms with Gasteiger partial charge in [-0.25, -0.2) is 0 Å². The van der Waals surface area contributed by atoms with Crippen molar-refractivity contribution in [1.82, 2.24) is 5.32 Å². The minimum Gasteiger partial charge on any atom is -0.494 e. The van der Waals surface area contributed by atoms with Gasteiger partial charge in [0, 0.05) is 6.04 Å². The van der Waals surface area contributed by atoms with Crippen molar-refractivity contribution in [1.29, 1.82) is 0 Å². The molecule has 0 heterocycles. The summed E-state index contributed by atoms with van der Waals surface area (Å²) in [6, 6.07) is 10.8. The Labute approximate surface area is 130 Å². The van der Waals surface area contributed by atoms with E-state index in [0.717, 1.165) is 37.3 Å². The van der Waals surface area contributed by atoms with Crippen LogP contribution in [0.15, 0.2) is 30.3 Å². The molecule has 0 aromatic heterocycles. The van der Waals surface area contributed by atoms with Crippen LogP contribution in [0.4, 0.5) is 0 Å². The van der Waals surface area contributed by atoms with Crippen molar-refractivity contribution in [2.24, 2.45) is 11.3 Å². The second-order valence-electron chi connectivity index (χ2n) is 7.38. The number of nitrogens with one attached hydrogen (secondary N) is 1. The molecule has 0 amide bonds. The van der Waals surface area contributed by atoms with Gasteiger partial charge in [-0.15, -0.1) is 0 Å². The maximum atomic E-state index is 5.72. The minimum atomic E-state index is 0.481. The van der Waals surface area contributed by atoms with E-state index < -0.39 is 0 Å². The zero-order valence-electron chi connectivity index (χ0n) is 13.9. The first-order valence-electron chi connectivity index (χ1n) is 8.47. The summed E-state index contributed by atoms with van der Waals surface area (Å²) in [5.74, 6) is 1.88. The number of ether oxygens (including phenoxy) is 1. The van der Waals surface area contributed by atoms with Crippen LogP contribution < -0.4 is 10.1 Å². The van der Waals surface area contributed by atoms with E-state index in [-0.39, 0.29) is 0 Å². The van der Waals surface area contributed by atoms with Gasteiger partial charge in [0.2, 0.25) is 0 Å². The third-order valence-electron chi connectivity index (χ3n) is 4.72. The average molecular weight is 289 g/mol. The maximum absolute atomic E-state index is 5.72. The molecule has 21 heavy (non-hydrogen) atoms. The van der Waals surface area contributed by atoms with Crippen LogP contribution in [0.1, 0.15) is 52.9 Å². The molecule has 1 aliphatic rings. The van der Waals surface area contributed by atoms with Gasteiger partial charge in [0.25, 0.3) is 0 Å². The Balaban J connectivity index is 1.54. The molecule has 0 bridgehead atoms. The fourth-order valence-corrected chi connectivity index (χ4v) is 3.25. The largest absolute Gasteiger partial charge is 0.494 e. The molecule has 1 aromatic rings. The number of rotatable bonds is 6. The number of benzene rings is 1. The Morgan fingerprint density at radius 3 is 2.33 bits per heavy atom. The van der Waals surface area contributed by atoms with Crippen molar-refractivity contribution in [3.8, 4) is 5.75 Å². The topological polar surface area (TPSA) is 21.3 Å². The van der Waals surface area contributed by atoms with E-state index in [1.54, 1.807) is 0 Å². The molecule has 0 atom stereocenters. The smallest absolute Gasteiger partial charge is 0.119 e. The van der Waals surface area contributed by atoms with Gasteiger partial charge in [-0.05, 0) is 62.1 Å². The van der Waals surface area contributed by atoms with E-state index in [2.05, 4.69) is 26.1 Å². The van der Waals surface area contributed by atoms with Gasteiger partial charge in [-0.2, -0.15) is 0 Å². The molecule has 2 heteroatoms. The van der Waals surface area contributed by atoms with E-state index in [4.69, 9.17) is 4.74 Å². The molecule has 1 aromatic carbocycles. The SMILES string of the molecule is CC(C)(C)C1CCC(NCCCOc2ccccc2)CC1. The second kappa shape index (κ2) is 7.84. The van der Waals surface area contributed by atoms with Gasteiger partial charge in [-0.3, -0.25) is 0 Å². The lowest BCUT2D eigenvalue weighted by molar-refractivity contribution is 0.159. The quantitative estimate of drug-likeness (QED) is 0.770. The lowest BCUT2D eigenvalue weighted by atomic mass is 9.71. The Morgan fingerprint density at radius 2 is 1.71 bits per heavy atom. The summed E-state index contributed by atoms with van der Waals surface area (Å²) in [4.78, 5) is 0. The lowest BCUT2D eigenvalue weighted by Gasteiger charge is -2.37. The monoisotopic (exact) mass is 289 g/mol. The van der Waals surface area contributed by atoms with E-state index >= 15 is 0 Å². The highest BCUT2D eigenvalue weighted by Crippen LogP contribution is 2.37. The predicted molar refractivity (Wildman–Crippen MR) is 89.8 cm³/mol. The van der Waals surface area contributed by atoms with Crippen molar-refractivity contribution in [3.05, 3.63) is 30.3 Å². The highest BCUT2D eigenvalue weighted by Gasteiger charge is 2.29. The van der Waals surface area contributed by atoms with Gasteiger partial charge in [-0.1, -0.05) is 39.0 Å². The van der Waals surface area contributed by atoms with Crippen LogP contribution in [0.5, 0.6) is 5.75 Å². The molecule has 0 saturated heterocycles. The summed E-state index contributed by atoms with van der Waals surface area (Å²) in [6.07, 6.45) is 6.50. The lowest BCUT2D eigenvalue weighted by Crippen LogP contribution is -2.36. The molecule has 1 aliphatic carbocycles. The van der Waals surface area contributed by atoms with E-state index in [9.17, 15) is 0 Å². The van der Waals surface area contributed by atoms with Crippen LogP contribution in [0, 0.1) is 11.3 Å². The zero-order chi connectivity index (χ0) is 15.1. The Morgan fingerprint density at radius 1 is 1.05 bits per heavy atom. The van der Waals surface area contributed by atoms with Crippen molar-refractivity contribution < 1.29 is 4.74 Å². The first kappa shape index (κ1) is 16.4. The standard InChI is InChI=1S/C19H31NO/c1-19(2,3)16-10-12-17(13-11-16)20-14-7-15-21-18-8-5-4-6-9-18/h4-6,8-9,16-17,20H,7,10-15H2,1-3H3. The third kappa shape index (κ3) is 5.70. The van der Waals surface area contributed by atoms with E-state index in [1.807, 2.05) is 30.3 Å². The fourth-order valence-electron chi connectivity index (χ4n) is 3.25. The van der Waals surface area contributed by atoms with Gasteiger partial charge in [0.05, 0.1) is 6.61 Å². The molecule has 2 rings (SSSR count). The molecular formula is C19H31NO. The molecule has 0 spiro atoms. The van der Waals surface area contributed by atoms with Gasteiger partial charge >= 0.3 is 0 Å². The van der Waals surface area contributed by atoms with Gasteiger partial charge in [0.1, 0.15) is 5.75 Å². The highest BCUT2D eigenvalue weighted by atomic mass is 16.5. The summed E-state index contributed by atoms with van der Waals surface area (Å²) < 4.78 is 5.72. The van der Waals surface area contributed by atoms with E-state index in [0.29, 0.717) is 5.41 Å². The summed E-state index contributed by atoms with van der Waals surface area (Å²) in [5, 5.41) is 3.70. The second-order valence-corrected chi connectivity index (χ2v) is 7.38. The maximum Gasteiger partial charge on any atom is 0.119 e. The van der Waals surface area contributed by atoms with Crippen LogP contribution >= 0.6 is 0 Å².